The number of aliphatic imine (C=N–C) groups is 1. The van der Waals surface area contributed by atoms with Crippen molar-refractivity contribution in [1.82, 2.24) is 20.4 Å². The van der Waals surface area contributed by atoms with Crippen molar-refractivity contribution in [3.63, 3.8) is 0 Å². The third-order valence-corrected chi connectivity index (χ3v) is 4.27. The number of aryl methyl sites for hydroxylation is 3. The van der Waals surface area contributed by atoms with Crippen LogP contribution in [0.25, 0.3) is 0 Å². The van der Waals surface area contributed by atoms with Crippen LogP contribution in [0.15, 0.2) is 35.3 Å². The minimum absolute atomic E-state index is 0.634. The first-order valence-electron chi connectivity index (χ1n) is 9.81. The molecule has 0 fully saturated rings. The molecule has 1 heterocycles. The van der Waals surface area contributed by atoms with E-state index < -0.39 is 0 Å². The van der Waals surface area contributed by atoms with Gasteiger partial charge in [0.05, 0.1) is 18.8 Å². The highest BCUT2D eigenvalue weighted by Gasteiger charge is 2.04. The number of hydrogen-bond donors (Lipinski definition) is 2. The van der Waals surface area contributed by atoms with Crippen LogP contribution in [0.5, 0.6) is 0 Å². The highest BCUT2D eigenvalue weighted by atomic mass is 16.5. The number of aromatic nitrogens is 2. The molecule has 0 saturated carbocycles. The Balaban J connectivity index is 1.87. The molecule has 0 aliphatic heterocycles. The van der Waals surface area contributed by atoms with Gasteiger partial charge in [-0.15, -0.1) is 0 Å². The topological polar surface area (TPSA) is 63.5 Å². The Morgan fingerprint density at radius 1 is 1.15 bits per heavy atom. The molecule has 0 amide bonds. The third-order valence-electron chi connectivity index (χ3n) is 4.27. The molecule has 6 nitrogen and oxygen atoms in total. The molecular weight excluding hydrogens is 338 g/mol. The molecule has 0 atom stereocenters. The van der Waals surface area contributed by atoms with Gasteiger partial charge in [-0.2, -0.15) is 5.10 Å². The quantitative estimate of drug-likeness (QED) is 0.382. The fourth-order valence-corrected chi connectivity index (χ4v) is 2.91. The normalized spacial score (nSPS) is 11.6. The predicted octanol–water partition coefficient (Wildman–Crippen LogP) is 3.18. The highest BCUT2D eigenvalue weighted by Crippen LogP contribution is 2.11. The molecule has 2 aromatic rings. The van der Waals surface area contributed by atoms with Gasteiger partial charge in [-0.1, -0.05) is 24.3 Å². The summed E-state index contributed by atoms with van der Waals surface area (Å²) >= 11 is 0. The maximum Gasteiger partial charge on any atom is 0.191 e. The fraction of sp³-hybridized carbons (Fsp3) is 0.524. The molecule has 0 saturated heterocycles. The van der Waals surface area contributed by atoms with Crippen LogP contribution in [0.3, 0.4) is 0 Å². The van der Waals surface area contributed by atoms with Crippen molar-refractivity contribution >= 4 is 5.96 Å². The first-order valence-corrected chi connectivity index (χ1v) is 9.81. The summed E-state index contributed by atoms with van der Waals surface area (Å²) < 4.78 is 7.62. The Hall–Kier alpha value is -2.34. The number of benzene rings is 1. The van der Waals surface area contributed by atoms with E-state index in [2.05, 4.69) is 58.5 Å². The average Bonchev–Trinajstić information content (AvgIpc) is 2.99. The Morgan fingerprint density at radius 3 is 2.59 bits per heavy atom. The van der Waals surface area contributed by atoms with E-state index in [4.69, 9.17) is 9.73 Å². The lowest BCUT2D eigenvalue weighted by molar-refractivity contribution is 0.133. The van der Waals surface area contributed by atoms with E-state index in [1.54, 1.807) is 0 Å². The lowest BCUT2D eigenvalue weighted by atomic mass is 10.1. The molecule has 1 aromatic heterocycles. The second-order valence-corrected chi connectivity index (χ2v) is 6.53. The standard InChI is InChI=1S/C21H33N5O/c1-5-22-21(23-12-9-13-26-18(4)14-17(3)25-26)24-15-19-10-7-8-11-20(19)16-27-6-2/h7-8,10-11,14H,5-6,9,12-13,15-16H2,1-4H3,(H2,22,23,24). The molecule has 0 aliphatic carbocycles. The van der Waals surface area contributed by atoms with E-state index in [0.29, 0.717) is 13.2 Å². The molecule has 0 unspecified atom stereocenters. The van der Waals surface area contributed by atoms with Gasteiger partial charge in [0.25, 0.3) is 0 Å². The van der Waals surface area contributed by atoms with E-state index in [9.17, 15) is 0 Å². The van der Waals surface area contributed by atoms with Gasteiger partial charge >= 0.3 is 0 Å². The Labute approximate surface area is 163 Å². The Morgan fingerprint density at radius 2 is 1.93 bits per heavy atom. The van der Waals surface area contributed by atoms with Crippen LogP contribution in [0.4, 0.5) is 0 Å². The van der Waals surface area contributed by atoms with Crippen molar-refractivity contribution in [2.24, 2.45) is 4.99 Å². The van der Waals surface area contributed by atoms with Crippen molar-refractivity contribution in [3.8, 4) is 0 Å². The number of guanidine groups is 1. The minimum atomic E-state index is 0.634. The molecule has 0 radical (unpaired) electrons. The first-order chi connectivity index (χ1) is 13.1. The van der Waals surface area contributed by atoms with Gasteiger partial charge in [0.2, 0.25) is 0 Å². The summed E-state index contributed by atoms with van der Waals surface area (Å²) in [6, 6.07) is 10.4. The van der Waals surface area contributed by atoms with Crippen molar-refractivity contribution in [1.29, 1.82) is 0 Å². The number of nitrogens with one attached hydrogen (secondary N) is 2. The lowest BCUT2D eigenvalue weighted by Crippen LogP contribution is -2.38. The largest absolute Gasteiger partial charge is 0.377 e. The minimum Gasteiger partial charge on any atom is -0.377 e. The summed E-state index contributed by atoms with van der Waals surface area (Å²) in [6.45, 7) is 12.8. The summed E-state index contributed by atoms with van der Waals surface area (Å²) in [5.41, 5.74) is 4.68. The molecule has 1 aromatic carbocycles. The van der Waals surface area contributed by atoms with Crippen LogP contribution in [-0.4, -0.2) is 35.4 Å². The molecule has 2 rings (SSSR count). The summed E-state index contributed by atoms with van der Waals surface area (Å²) in [5.74, 6) is 0.845. The molecule has 0 aliphatic rings. The second kappa shape index (κ2) is 11.4. The zero-order valence-electron chi connectivity index (χ0n) is 17.1. The monoisotopic (exact) mass is 371 g/mol. The molecule has 0 bridgehead atoms. The van der Waals surface area contributed by atoms with Crippen LogP contribution in [0.1, 0.15) is 42.8 Å². The molecular formula is C21H33N5O. The lowest BCUT2D eigenvalue weighted by Gasteiger charge is -2.13. The van der Waals surface area contributed by atoms with Crippen LogP contribution in [-0.2, 0) is 24.4 Å². The van der Waals surface area contributed by atoms with Crippen LogP contribution in [0, 0.1) is 13.8 Å². The Bertz CT molecular complexity index is 723. The SMILES string of the molecule is CCNC(=NCc1ccccc1COCC)NCCCn1nc(C)cc1C. The number of ether oxygens (including phenoxy) is 1. The van der Waals surface area contributed by atoms with Crippen molar-refractivity contribution in [3.05, 3.63) is 52.8 Å². The van der Waals surface area contributed by atoms with E-state index in [1.165, 1.54) is 16.8 Å². The zero-order valence-corrected chi connectivity index (χ0v) is 17.1. The summed E-state index contributed by atoms with van der Waals surface area (Å²) in [6.07, 6.45) is 0.993. The zero-order chi connectivity index (χ0) is 19.5. The molecule has 27 heavy (non-hydrogen) atoms. The fourth-order valence-electron chi connectivity index (χ4n) is 2.91. The molecule has 2 N–H and O–H groups in total. The maximum atomic E-state index is 5.56. The highest BCUT2D eigenvalue weighted by molar-refractivity contribution is 5.79. The van der Waals surface area contributed by atoms with Gasteiger partial charge in [-0.3, -0.25) is 4.68 Å². The number of rotatable bonds is 10. The van der Waals surface area contributed by atoms with Gasteiger partial charge in [0.1, 0.15) is 0 Å². The number of hydrogen-bond acceptors (Lipinski definition) is 3. The summed E-state index contributed by atoms with van der Waals surface area (Å²) in [5, 5.41) is 11.2. The van der Waals surface area contributed by atoms with Crippen LogP contribution >= 0.6 is 0 Å². The molecule has 6 heteroatoms. The van der Waals surface area contributed by atoms with Gasteiger partial charge in [-0.05, 0) is 51.3 Å². The molecule has 148 valence electrons. The third kappa shape index (κ3) is 7.06. The van der Waals surface area contributed by atoms with Crippen molar-refractivity contribution in [2.45, 2.75) is 53.8 Å². The van der Waals surface area contributed by atoms with Crippen LogP contribution in [0.2, 0.25) is 0 Å². The van der Waals surface area contributed by atoms with E-state index in [1.807, 2.05) is 19.9 Å². The van der Waals surface area contributed by atoms with E-state index in [-0.39, 0.29) is 0 Å². The van der Waals surface area contributed by atoms with Crippen LogP contribution < -0.4 is 10.6 Å². The average molecular weight is 372 g/mol. The first kappa shape index (κ1) is 21.0. The van der Waals surface area contributed by atoms with Crippen molar-refractivity contribution in [2.75, 3.05) is 19.7 Å². The summed E-state index contributed by atoms with van der Waals surface area (Å²) in [4.78, 5) is 4.74. The van der Waals surface area contributed by atoms with E-state index >= 15 is 0 Å². The van der Waals surface area contributed by atoms with Gasteiger partial charge in [-0.25, -0.2) is 4.99 Å². The Kier molecular flexibility index (Phi) is 8.84. The predicted molar refractivity (Wildman–Crippen MR) is 111 cm³/mol. The van der Waals surface area contributed by atoms with E-state index in [0.717, 1.165) is 44.3 Å². The summed E-state index contributed by atoms with van der Waals surface area (Å²) in [7, 11) is 0. The number of nitrogens with zero attached hydrogens (tertiary/aromatic N) is 3. The second-order valence-electron chi connectivity index (χ2n) is 6.53. The van der Waals surface area contributed by atoms with Gasteiger partial charge in [0.15, 0.2) is 5.96 Å². The van der Waals surface area contributed by atoms with Gasteiger partial charge in [0, 0.05) is 31.9 Å². The van der Waals surface area contributed by atoms with Gasteiger partial charge < -0.3 is 15.4 Å². The molecule has 0 spiro atoms. The smallest absolute Gasteiger partial charge is 0.191 e. The maximum absolute atomic E-state index is 5.56. The van der Waals surface area contributed by atoms with Crippen molar-refractivity contribution < 1.29 is 4.74 Å².